The lowest BCUT2D eigenvalue weighted by molar-refractivity contribution is -0.146. The quantitative estimate of drug-likeness (QED) is 0.428. The molecule has 2 saturated carbocycles. The number of amides is 1. The van der Waals surface area contributed by atoms with Gasteiger partial charge >= 0.3 is 11.9 Å². The molecule has 196 valence electrons. The van der Waals surface area contributed by atoms with E-state index in [0.29, 0.717) is 11.7 Å². The topological polar surface area (TPSA) is 92.4 Å². The molecule has 6 nitrogen and oxygen atoms in total. The molecule has 0 aliphatic heterocycles. The second kappa shape index (κ2) is 9.68. The van der Waals surface area contributed by atoms with Crippen molar-refractivity contribution in [2.75, 3.05) is 6.54 Å². The fourth-order valence-corrected chi connectivity index (χ4v) is 4.95. The second-order valence-electron chi connectivity index (χ2n) is 13.0. The van der Waals surface area contributed by atoms with Crippen LogP contribution in [0.1, 0.15) is 114 Å². The first-order valence-electron chi connectivity index (χ1n) is 13.5. The molecule has 2 aliphatic rings. The summed E-state index contributed by atoms with van der Waals surface area (Å²) in [6.45, 7) is 12.1. The number of nitrogens with zero attached hydrogens (tertiary/aromatic N) is 1. The first kappa shape index (κ1) is 26.4. The highest BCUT2D eigenvalue weighted by Gasteiger charge is 2.40. The maximum Gasteiger partial charge on any atom is 0.310 e. The Morgan fingerprint density at radius 3 is 2.33 bits per heavy atom. The predicted octanol–water partition coefficient (Wildman–Crippen LogP) is 6.65. The van der Waals surface area contributed by atoms with Gasteiger partial charge in [-0.05, 0) is 73.1 Å². The van der Waals surface area contributed by atoms with Crippen molar-refractivity contribution in [3.8, 4) is 11.3 Å². The van der Waals surface area contributed by atoms with Gasteiger partial charge in [0.05, 0.1) is 11.1 Å². The molecular formula is C30H42N2O4. The van der Waals surface area contributed by atoms with E-state index >= 15 is 0 Å². The Morgan fingerprint density at radius 1 is 1.08 bits per heavy atom. The largest absolute Gasteiger partial charge is 0.481 e. The standard InChI is InChI=1S/C30H42N2O4/c1-28(2,3)21-15-20(16-22(17-21)30(6)12-13-30)24-23(14-19-10-8-7-9-11-19)32-26(36-24)25(33)31-18-29(4,5)27(34)35/h15-17,19H,7-14,18H2,1-6H3,(H,31,33)(H,34,35). The molecule has 0 radical (unpaired) electrons. The van der Waals surface area contributed by atoms with E-state index in [0.717, 1.165) is 17.7 Å². The molecule has 2 aliphatic carbocycles. The molecule has 0 bridgehead atoms. The van der Waals surface area contributed by atoms with Crippen molar-refractivity contribution < 1.29 is 19.1 Å². The number of hydrogen-bond donors (Lipinski definition) is 2. The average Bonchev–Trinajstić information content (AvgIpc) is 3.44. The third-order valence-corrected chi connectivity index (χ3v) is 8.13. The summed E-state index contributed by atoms with van der Waals surface area (Å²) in [7, 11) is 0. The SMILES string of the molecule is CC(C)(CNC(=O)c1nc(CC2CCCCC2)c(-c2cc(C(C)(C)C)cc(C3(C)CC3)c2)o1)C(=O)O. The summed E-state index contributed by atoms with van der Waals surface area (Å²) >= 11 is 0. The van der Waals surface area contributed by atoms with Gasteiger partial charge in [-0.1, -0.05) is 65.9 Å². The first-order chi connectivity index (χ1) is 16.8. The molecule has 36 heavy (non-hydrogen) atoms. The normalized spacial score (nSPS) is 18.2. The van der Waals surface area contributed by atoms with Gasteiger partial charge in [-0.25, -0.2) is 4.98 Å². The van der Waals surface area contributed by atoms with Gasteiger partial charge in [0, 0.05) is 12.1 Å². The summed E-state index contributed by atoms with van der Waals surface area (Å²) in [5.74, 6) is -0.205. The van der Waals surface area contributed by atoms with E-state index in [2.05, 4.69) is 51.2 Å². The number of carbonyl (C=O) groups excluding carboxylic acids is 1. The fourth-order valence-electron chi connectivity index (χ4n) is 4.95. The average molecular weight is 495 g/mol. The summed E-state index contributed by atoms with van der Waals surface area (Å²) in [5.41, 5.74) is 3.48. The number of aromatic nitrogens is 1. The smallest absolute Gasteiger partial charge is 0.310 e. The molecule has 0 unspecified atom stereocenters. The lowest BCUT2D eigenvalue weighted by atomic mass is 9.82. The molecule has 2 N–H and O–H groups in total. The number of nitrogens with one attached hydrogen (secondary N) is 1. The molecule has 1 aromatic heterocycles. The monoisotopic (exact) mass is 494 g/mol. The molecule has 4 rings (SSSR count). The van der Waals surface area contributed by atoms with Gasteiger partial charge in [-0.3, -0.25) is 9.59 Å². The number of carbonyl (C=O) groups is 2. The van der Waals surface area contributed by atoms with Gasteiger partial charge in [0.15, 0.2) is 5.76 Å². The highest BCUT2D eigenvalue weighted by atomic mass is 16.4. The van der Waals surface area contributed by atoms with Crippen molar-refractivity contribution in [1.29, 1.82) is 0 Å². The van der Waals surface area contributed by atoms with Crippen LogP contribution < -0.4 is 5.32 Å². The maximum absolute atomic E-state index is 13.0. The number of hydrogen-bond acceptors (Lipinski definition) is 4. The zero-order valence-electron chi connectivity index (χ0n) is 22.8. The molecule has 1 amide bonds. The van der Waals surface area contributed by atoms with Gasteiger partial charge in [0.1, 0.15) is 0 Å². The van der Waals surface area contributed by atoms with Crippen molar-refractivity contribution in [3.63, 3.8) is 0 Å². The van der Waals surface area contributed by atoms with Crippen LogP contribution in [-0.2, 0) is 22.0 Å². The Bertz CT molecular complexity index is 1100. The summed E-state index contributed by atoms with van der Waals surface area (Å²) in [6, 6.07) is 6.74. The van der Waals surface area contributed by atoms with Crippen LogP contribution in [0, 0.1) is 11.3 Å². The van der Waals surface area contributed by atoms with E-state index in [9.17, 15) is 14.7 Å². The third kappa shape index (κ3) is 5.84. The number of benzene rings is 1. The van der Waals surface area contributed by atoms with E-state index in [1.165, 1.54) is 56.1 Å². The number of oxazole rings is 1. The molecule has 0 saturated heterocycles. The number of carboxylic acid groups (broad SMARTS) is 1. The third-order valence-electron chi connectivity index (χ3n) is 8.13. The minimum Gasteiger partial charge on any atom is -0.481 e. The van der Waals surface area contributed by atoms with E-state index in [4.69, 9.17) is 9.40 Å². The van der Waals surface area contributed by atoms with E-state index < -0.39 is 17.3 Å². The summed E-state index contributed by atoms with van der Waals surface area (Å²) in [4.78, 5) is 29.2. The van der Waals surface area contributed by atoms with Gasteiger partial charge in [0.25, 0.3) is 5.89 Å². The molecule has 0 atom stereocenters. The number of rotatable bonds is 8. The zero-order chi connectivity index (χ0) is 26.3. The van der Waals surface area contributed by atoms with Crippen molar-refractivity contribution >= 4 is 11.9 Å². The minimum absolute atomic E-state index is 0.00114. The molecule has 6 heteroatoms. The van der Waals surface area contributed by atoms with E-state index in [-0.39, 0.29) is 23.3 Å². The molecule has 0 spiro atoms. The van der Waals surface area contributed by atoms with Crippen LogP contribution in [0.3, 0.4) is 0 Å². The van der Waals surface area contributed by atoms with E-state index in [1.54, 1.807) is 13.8 Å². The van der Waals surface area contributed by atoms with Crippen LogP contribution in [0.2, 0.25) is 0 Å². The van der Waals surface area contributed by atoms with Crippen molar-refractivity contribution in [2.24, 2.45) is 11.3 Å². The molecule has 2 aromatic rings. The summed E-state index contributed by atoms with van der Waals surface area (Å²) in [5, 5.41) is 12.1. The fraction of sp³-hybridized carbons (Fsp3) is 0.633. The summed E-state index contributed by atoms with van der Waals surface area (Å²) < 4.78 is 6.22. The highest BCUT2D eigenvalue weighted by molar-refractivity contribution is 5.90. The van der Waals surface area contributed by atoms with Crippen molar-refractivity contribution in [1.82, 2.24) is 10.3 Å². The second-order valence-corrected chi connectivity index (χ2v) is 13.0. The summed E-state index contributed by atoms with van der Waals surface area (Å²) in [6.07, 6.45) is 9.24. The first-order valence-corrected chi connectivity index (χ1v) is 13.5. The lowest BCUT2D eigenvalue weighted by Crippen LogP contribution is -2.39. The van der Waals surface area contributed by atoms with Gasteiger partial charge < -0.3 is 14.8 Å². The molecule has 1 heterocycles. The Hall–Kier alpha value is -2.63. The van der Waals surface area contributed by atoms with Gasteiger partial charge in [-0.2, -0.15) is 0 Å². The van der Waals surface area contributed by atoms with Crippen molar-refractivity contribution in [3.05, 3.63) is 40.9 Å². The van der Waals surface area contributed by atoms with Crippen molar-refractivity contribution in [2.45, 2.75) is 104 Å². The number of aliphatic carboxylic acids is 1. The minimum atomic E-state index is -1.08. The molecular weight excluding hydrogens is 452 g/mol. The van der Waals surface area contributed by atoms with Crippen LogP contribution in [-0.4, -0.2) is 28.5 Å². The molecule has 1 aromatic carbocycles. The number of carboxylic acids is 1. The predicted molar refractivity (Wildman–Crippen MR) is 141 cm³/mol. The Morgan fingerprint density at radius 2 is 1.75 bits per heavy atom. The molecule has 2 fully saturated rings. The lowest BCUT2D eigenvalue weighted by Gasteiger charge is -2.23. The van der Waals surface area contributed by atoms with Gasteiger partial charge in [0.2, 0.25) is 0 Å². The van der Waals surface area contributed by atoms with Gasteiger partial charge in [-0.15, -0.1) is 0 Å². The maximum atomic E-state index is 13.0. The Balaban J connectivity index is 1.72. The zero-order valence-corrected chi connectivity index (χ0v) is 22.8. The van der Waals surface area contributed by atoms with Crippen LogP contribution in [0.25, 0.3) is 11.3 Å². The Kier molecular flexibility index (Phi) is 7.11. The van der Waals surface area contributed by atoms with Crippen LogP contribution in [0.15, 0.2) is 22.6 Å². The Labute approximate surface area is 215 Å². The highest BCUT2D eigenvalue weighted by Crippen LogP contribution is 2.49. The van der Waals surface area contributed by atoms with Crippen LogP contribution in [0.5, 0.6) is 0 Å². The van der Waals surface area contributed by atoms with Crippen LogP contribution in [0.4, 0.5) is 0 Å². The van der Waals surface area contributed by atoms with E-state index in [1.807, 2.05) is 0 Å². The van der Waals surface area contributed by atoms with Crippen LogP contribution >= 0.6 is 0 Å².